The quantitative estimate of drug-likeness (QED) is 0.253. The SMILES string of the molecule is C=C1C=C(n2c(-c3cc(C(C)C)c(O)cc3O)n[nH]c2=O)/C=C\CN(CCNC(=O)Nc2[nH]c(=O)ncc2F)/C=C\1. The van der Waals surface area contributed by atoms with Crippen LogP contribution in [0.2, 0.25) is 0 Å². The Balaban J connectivity index is 1.48. The summed E-state index contributed by atoms with van der Waals surface area (Å²) in [4.78, 5) is 43.4. The number of phenolic OH excluding ortho intramolecular Hbond substituents is 2. The summed E-state index contributed by atoms with van der Waals surface area (Å²) in [6, 6.07) is 2.11. The van der Waals surface area contributed by atoms with Crippen molar-refractivity contribution in [3.63, 3.8) is 0 Å². The van der Waals surface area contributed by atoms with E-state index in [1.807, 2.05) is 18.7 Å². The normalized spacial score (nSPS) is 15.1. The molecule has 1 aromatic carbocycles. The van der Waals surface area contributed by atoms with Gasteiger partial charge in [-0.3, -0.25) is 10.3 Å². The third-order valence-corrected chi connectivity index (χ3v) is 6.09. The number of carbonyl (C=O) groups is 1. The molecule has 3 heterocycles. The van der Waals surface area contributed by atoms with Crippen LogP contribution in [0.3, 0.4) is 0 Å². The lowest BCUT2D eigenvalue weighted by atomic mass is 9.98. The first-order valence-corrected chi connectivity index (χ1v) is 12.6. The largest absolute Gasteiger partial charge is 0.508 e. The smallest absolute Gasteiger partial charge is 0.348 e. The van der Waals surface area contributed by atoms with Crippen LogP contribution in [0.15, 0.2) is 70.6 Å². The van der Waals surface area contributed by atoms with Crippen LogP contribution < -0.4 is 22.0 Å². The van der Waals surface area contributed by atoms with Crippen LogP contribution in [-0.4, -0.2) is 65.5 Å². The van der Waals surface area contributed by atoms with Gasteiger partial charge in [0.05, 0.1) is 17.5 Å². The van der Waals surface area contributed by atoms with Gasteiger partial charge in [-0.05, 0) is 47.5 Å². The Bertz CT molecular complexity index is 1680. The number of H-pyrrole nitrogens is 2. The zero-order valence-corrected chi connectivity index (χ0v) is 22.3. The van der Waals surface area contributed by atoms with E-state index in [0.29, 0.717) is 36.1 Å². The van der Waals surface area contributed by atoms with Crippen LogP contribution >= 0.6 is 0 Å². The van der Waals surface area contributed by atoms with Gasteiger partial charge in [0.1, 0.15) is 11.5 Å². The second-order valence-corrected chi connectivity index (χ2v) is 9.42. The number of aromatic hydroxyl groups is 2. The standard InChI is InChI=1S/C27H29FN8O5/c1-15(2)18-12-19(22(38)13-21(18)37)24-33-34-27(41)36(24)17-5-4-8-35(9-6-16(3)11-17)10-7-29-25(39)31-23-20(28)14-30-26(40)32-23/h4-6,9,11-15,37-38H,3,7-8,10H2,1-2H3,(H,34,41)(H3,29,30,31,32,39,40)/b5-4-,9-6-,17-11?. The Hall–Kier alpha value is -5.40. The number of urea groups is 1. The van der Waals surface area contributed by atoms with Crippen molar-refractivity contribution >= 4 is 17.5 Å². The number of nitrogens with one attached hydrogen (secondary N) is 4. The highest BCUT2D eigenvalue weighted by molar-refractivity contribution is 5.88. The maximum absolute atomic E-state index is 13.7. The molecule has 1 aliphatic rings. The first kappa shape index (κ1) is 28.6. The number of aromatic nitrogens is 5. The minimum atomic E-state index is -0.879. The minimum absolute atomic E-state index is 0.0465. The summed E-state index contributed by atoms with van der Waals surface area (Å²) in [6.45, 7) is 8.74. The Morgan fingerprint density at radius 3 is 2.76 bits per heavy atom. The number of halogens is 1. The van der Waals surface area contributed by atoms with Crippen molar-refractivity contribution in [3.8, 4) is 22.9 Å². The van der Waals surface area contributed by atoms with Gasteiger partial charge in [-0.2, -0.15) is 10.1 Å². The topological polar surface area (TPSA) is 181 Å². The Labute approximate surface area is 233 Å². The second kappa shape index (κ2) is 12.2. The molecule has 0 aliphatic carbocycles. The van der Waals surface area contributed by atoms with Gasteiger partial charge < -0.3 is 20.4 Å². The monoisotopic (exact) mass is 564 g/mol. The number of amides is 2. The van der Waals surface area contributed by atoms with Gasteiger partial charge in [0, 0.05) is 25.7 Å². The number of phenols is 2. The first-order chi connectivity index (χ1) is 19.5. The first-order valence-electron chi connectivity index (χ1n) is 12.6. The lowest BCUT2D eigenvalue weighted by molar-refractivity contribution is 0.250. The fraction of sp³-hybridized carbons (Fsp3) is 0.222. The fourth-order valence-electron chi connectivity index (χ4n) is 4.06. The summed E-state index contributed by atoms with van der Waals surface area (Å²) < 4.78 is 15.0. The lowest BCUT2D eigenvalue weighted by Gasteiger charge is -2.18. The number of anilines is 1. The molecular formula is C27H29FN8O5. The summed E-state index contributed by atoms with van der Waals surface area (Å²) in [5.74, 6) is -1.46. The van der Waals surface area contributed by atoms with Crippen LogP contribution in [0.5, 0.6) is 11.5 Å². The molecule has 0 spiro atoms. The number of allylic oxidation sites excluding steroid dienone is 5. The van der Waals surface area contributed by atoms with Crippen LogP contribution in [-0.2, 0) is 0 Å². The van der Waals surface area contributed by atoms with Gasteiger partial charge in [-0.15, -0.1) is 0 Å². The molecule has 214 valence electrons. The van der Waals surface area contributed by atoms with E-state index in [2.05, 4.69) is 37.4 Å². The van der Waals surface area contributed by atoms with Gasteiger partial charge in [0.25, 0.3) is 0 Å². The number of nitrogens with zero attached hydrogens (tertiary/aromatic N) is 4. The van der Waals surface area contributed by atoms with Crippen LogP contribution in [0, 0.1) is 5.82 Å². The van der Waals surface area contributed by atoms with E-state index in [0.717, 1.165) is 0 Å². The number of aromatic amines is 2. The summed E-state index contributed by atoms with van der Waals surface area (Å²) in [5, 5.41) is 32.2. The molecule has 0 fully saturated rings. The fourth-order valence-corrected chi connectivity index (χ4v) is 4.06. The number of rotatable bonds is 7. The maximum Gasteiger partial charge on any atom is 0.348 e. The zero-order chi connectivity index (χ0) is 29.7. The third kappa shape index (κ3) is 6.79. The third-order valence-electron chi connectivity index (χ3n) is 6.09. The summed E-state index contributed by atoms with van der Waals surface area (Å²) in [5.41, 5.74) is 0.499. The van der Waals surface area contributed by atoms with Crippen molar-refractivity contribution in [3.05, 3.63) is 93.3 Å². The average Bonchev–Trinajstić information content (AvgIpc) is 3.31. The van der Waals surface area contributed by atoms with Crippen molar-refractivity contribution in [2.45, 2.75) is 19.8 Å². The molecule has 13 nitrogen and oxygen atoms in total. The number of benzene rings is 1. The lowest BCUT2D eigenvalue weighted by Crippen LogP contribution is -2.36. The van der Waals surface area contributed by atoms with E-state index in [1.165, 1.54) is 10.6 Å². The molecule has 3 aromatic rings. The summed E-state index contributed by atoms with van der Waals surface area (Å²) in [6.07, 6.45) is 9.38. The molecule has 41 heavy (non-hydrogen) atoms. The van der Waals surface area contributed by atoms with E-state index >= 15 is 0 Å². The van der Waals surface area contributed by atoms with Gasteiger partial charge in [0.15, 0.2) is 17.5 Å². The molecule has 6 N–H and O–H groups in total. The molecular weight excluding hydrogens is 535 g/mol. The summed E-state index contributed by atoms with van der Waals surface area (Å²) >= 11 is 0. The van der Waals surface area contributed by atoms with Gasteiger partial charge >= 0.3 is 17.4 Å². The maximum atomic E-state index is 13.7. The molecule has 4 rings (SSSR count). The molecule has 0 atom stereocenters. The Morgan fingerprint density at radius 2 is 2.00 bits per heavy atom. The molecule has 0 saturated carbocycles. The Kier molecular flexibility index (Phi) is 8.51. The molecule has 0 radical (unpaired) electrons. The number of hydrogen-bond donors (Lipinski definition) is 6. The van der Waals surface area contributed by atoms with Crippen LogP contribution in [0.4, 0.5) is 15.0 Å². The predicted octanol–water partition coefficient (Wildman–Crippen LogP) is 2.60. The van der Waals surface area contributed by atoms with Crippen molar-refractivity contribution in [1.29, 1.82) is 0 Å². The van der Waals surface area contributed by atoms with E-state index in [9.17, 15) is 29.0 Å². The molecule has 0 bridgehead atoms. The van der Waals surface area contributed by atoms with E-state index in [-0.39, 0.29) is 35.3 Å². The van der Waals surface area contributed by atoms with Crippen molar-refractivity contribution in [2.75, 3.05) is 25.0 Å². The van der Waals surface area contributed by atoms with E-state index < -0.39 is 29.0 Å². The van der Waals surface area contributed by atoms with Crippen LogP contribution in [0.1, 0.15) is 25.3 Å². The Morgan fingerprint density at radius 1 is 1.22 bits per heavy atom. The van der Waals surface area contributed by atoms with Crippen molar-refractivity contribution in [2.24, 2.45) is 0 Å². The van der Waals surface area contributed by atoms with E-state index in [4.69, 9.17) is 0 Å². The molecule has 1 aliphatic heterocycles. The highest BCUT2D eigenvalue weighted by Crippen LogP contribution is 2.37. The highest BCUT2D eigenvalue weighted by Gasteiger charge is 2.20. The average molecular weight is 565 g/mol. The molecule has 0 saturated heterocycles. The number of carbonyl (C=O) groups excluding carboxylic acids is 1. The molecule has 14 heteroatoms. The highest BCUT2D eigenvalue weighted by atomic mass is 19.1. The van der Waals surface area contributed by atoms with Gasteiger partial charge in [-0.25, -0.2) is 28.4 Å². The molecule has 0 unspecified atom stereocenters. The summed E-state index contributed by atoms with van der Waals surface area (Å²) in [7, 11) is 0. The van der Waals surface area contributed by atoms with Crippen molar-refractivity contribution < 1.29 is 19.4 Å². The molecule has 2 aromatic heterocycles. The van der Waals surface area contributed by atoms with Gasteiger partial charge in [-0.1, -0.05) is 26.5 Å². The molecule has 2 amide bonds. The van der Waals surface area contributed by atoms with Crippen LogP contribution in [0.25, 0.3) is 17.1 Å². The number of hydrogen-bond acceptors (Lipinski definition) is 8. The van der Waals surface area contributed by atoms with Crippen molar-refractivity contribution in [1.82, 2.24) is 34.9 Å². The van der Waals surface area contributed by atoms with Gasteiger partial charge in [0.2, 0.25) is 0 Å². The van der Waals surface area contributed by atoms with E-state index in [1.54, 1.807) is 36.6 Å². The second-order valence-electron chi connectivity index (χ2n) is 9.42. The minimum Gasteiger partial charge on any atom is -0.508 e. The predicted molar refractivity (Wildman–Crippen MR) is 151 cm³/mol. The zero-order valence-electron chi connectivity index (χ0n) is 22.3.